The van der Waals surface area contributed by atoms with Crippen molar-refractivity contribution >= 4 is 23.4 Å². The highest BCUT2D eigenvalue weighted by atomic mass is 35.5. The molecule has 0 unspecified atom stereocenters. The van der Waals surface area contributed by atoms with Crippen LogP contribution in [0.3, 0.4) is 0 Å². The summed E-state index contributed by atoms with van der Waals surface area (Å²) in [4.78, 5) is 27.6. The van der Waals surface area contributed by atoms with Crippen LogP contribution in [0.2, 0.25) is 5.02 Å². The maximum Gasteiger partial charge on any atom is 0.261 e. The van der Waals surface area contributed by atoms with Crippen LogP contribution in [0.15, 0.2) is 84.9 Å². The minimum Gasteiger partial charge on any atom is -0.484 e. The molecule has 6 heteroatoms. The van der Waals surface area contributed by atoms with Gasteiger partial charge in [-0.1, -0.05) is 78.3 Å². The Morgan fingerprint density at radius 3 is 2.19 bits per heavy atom. The molecule has 0 aliphatic rings. The van der Waals surface area contributed by atoms with Gasteiger partial charge in [0.1, 0.15) is 11.8 Å². The van der Waals surface area contributed by atoms with Crippen molar-refractivity contribution in [2.75, 3.05) is 13.7 Å². The van der Waals surface area contributed by atoms with E-state index in [0.717, 1.165) is 11.1 Å². The summed E-state index contributed by atoms with van der Waals surface area (Å²) in [6, 6.07) is 25.3. The van der Waals surface area contributed by atoms with Crippen LogP contribution < -0.4 is 10.1 Å². The van der Waals surface area contributed by atoms with Crippen LogP contribution >= 0.6 is 11.6 Å². The number of rotatable bonds is 9. The second kappa shape index (κ2) is 11.2. The van der Waals surface area contributed by atoms with Crippen LogP contribution in [0.5, 0.6) is 5.75 Å². The number of ether oxygens (including phenoxy) is 1. The van der Waals surface area contributed by atoms with Gasteiger partial charge in [-0.2, -0.15) is 0 Å². The van der Waals surface area contributed by atoms with Gasteiger partial charge in [0.2, 0.25) is 5.91 Å². The van der Waals surface area contributed by atoms with E-state index in [1.54, 1.807) is 25.2 Å². The highest BCUT2D eigenvalue weighted by Crippen LogP contribution is 2.21. The molecule has 0 saturated carbocycles. The third kappa shape index (κ3) is 6.33. The summed E-state index contributed by atoms with van der Waals surface area (Å²) in [6.45, 7) is 0.0122. The number of para-hydroxylation sites is 1. The summed E-state index contributed by atoms with van der Waals surface area (Å²) in [6.07, 6.45) is 0.377. The second-order valence-electron chi connectivity index (χ2n) is 7.03. The molecule has 0 bridgehead atoms. The first kappa shape index (κ1) is 22.4. The van der Waals surface area contributed by atoms with E-state index >= 15 is 0 Å². The molecule has 0 radical (unpaired) electrons. The lowest BCUT2D eigenvalue weighted by atomic mass is 10.0. The molecule has 0 heterocycles. The van der Waals surface area contributed by atoms with Crippen molar-refractivity contribution in [3.63, 3.8) is 0 Å². The molecular formula is C25H25ClN2O3. The number of nitrogens with zero attached hydrogens (tertiary/aromatic N) is 1. The van der Waals surface area contributed by atoms with E-state index in [2.05, 4.69) is 5.32 Å². The number of hydrogen-bond acceptors (Lipinski definition) is 3. The summed E-state index contributed by atoms with van der Waals surface area (Å²) < 4.78 is 5.67. The van der Waals surface area contributed by atoms with Crippen LogP contribution in [0.4, 0.5) is 0 Å². The van der Waals surface area contributed by atoms with Gasteiger partial charge >= 0.3 is 0 Å². The van der Waals surface area contributed by atoms with E-state index in [1.807, 2.05) is 66.7 Å². The highest BCUT2D eigenvalue weighted by Gasteiger charge is 2.30. The van der Waals surface area contributed by atoms with Crippen molar-refractivity contribution in [1.29, 1.82) is 0 Å². The van der Waals surface area contributed by atoms with Crippen molar-refractivity contribution in [3.05, 3.63) is 101 Å². The number of carbonyl (C=O) groups excluding carboxylic acids is 2. The Bertz CT molecular complexity index is 996. The predicted molar refractivity (Wildman–Crippen MR) is 122 cm³/mol. The smallest absolute Gasteiger partial charge is 0.261 e. The molecule has 2 amide bonds. The fraction of sp³-hybridized carbons (Fsp3) is 0.200. The van der Waals surface area contributed by atoms with Gasteiger partial charge in [-0.05, 0) is 29.3 Å². The number of carbonyl (C=O) groups is 2. The topological polar surface area (TPSA) is 58.6 Å². The van der Waals surface area contributed by atoms with E-state index in [9.17, 15) is 9.59 Å². The summed E-state index contributed by atoms with van der Waals surface area (Å²) in [7, 11) is 1.57. The van der Waals surface area contributed by atoms with E-state index < -0.39 is 6.04 Å². The van der Waals surface area contributed by atoms with Gasteiger partial charge in [0.05, 0.1) is 0 Å². The fourth-order valence-electron chi connectivity index (χ4n) is 3.28. The molecule has 0 aliphatic carbocycles. The zero-order valence-electron chi connectivity index (χ0n) is 17.3. The molecule has 0 saturated heterocycles. The van der Waals surface area contributed by atoms with Crippen molar-refractivity contribution in [2.24, 2.45) is 0 Å². The molecule has 0 aliphatic heterocycles. The number of amides is 2. The summed E-state index contributed by atoms with van der Waals surface area (Å²) in [5.41, 5.74) is 1.72. The lowest BCUT2D eigenvalue weighted by molar-refractivity contribution is -0.142. The Balaban J connectivity index is 1.88. The van der Waals surface area contributed by atoms with Crippen LogP contribution in [0.25, 0.3) is 0 Å². The van der Waals surface area contributed by atoms with Gasteiger partial charge in [-0.25, -0.2) is 0 Å². The molecule has 0 aromatic heterocycles. The van der Waals surface area contributed by atoms with Gasteiger partial charge in [0, 0.05) is 25.0 Å². The Morgan fingerprint density at radius 2 is 1.55 bits per heavy atom. The molecule has 5 nitrogen and oxygen atoms in total. The van der Waals surface area contributed by atoms with Crippen LogP contribution in [0.1, 0.15) is 11.1 Å². The number of halogens is 1. The SMILES string of the molecule is CNC(=O)[C@@H](Cc1ccccc1)N(Cc1ccccc1Cl)C(=O)COc1ccccc1. The quantitative estimate of drug-likeness (QED) is 0.549. The van der Waals surface area contributed by atoms with Gasteiger partial charge in [-0.3, -0.25) is 9.59 Å². The largest absolute Gasteiger partial charge is 0.484 e. The van der Waals surface area contributed by atoms with Gasteiger partial charge in [0.25, 0.3) is 5.91 Å². The maximum atomic E-state index is 13.3. The molecule has 3 aromatic carbocycles. The highest BCUT2D eigenvalue weighted by molar-refractivity contribution is 6.31. The molecule has 1 atom stereocenters. The van der Waals surface area contributed by atoms with E-state index in [0.29, 0.717) is 17.2 Å². The van der Waals surface area contributed by atoms with Crippen molar-refractivity contribution in [3.8, 4) is 5.75 Å². The Kier molecular flexibility index (Phi) is 8.07. The number of nitrogens with one attached hydrogen (secondary N) is 1. The first-order valence-corrected chi connectivity index (χ1v) is 10.4. The predicted octanol–water partition coefficient (Wildman–Crippen LogP) is 4.10. The van der Waals surface area contributed by atoms with Gasteiger partial charge < -0.3 is 15.0 Å². The average Bonchev–Trinajstić information content (AvgIpc) is 2.81. The average molecular weight is 437 g/mol. The molecular weight excluding hydrogens is 412 g/mol. The lowest BCUT2D eigenvalue weighted by Crippen LogP contribution is -2.51. The zero-order valence-corrected chi connectivity index (χ0v) is 18.1. The standard InChI is InChI=1S/C25H25ClN2O3/c1-27-25(30)23(16-19-10-4-2-5-11-19)28(17-20-12-8-9-15-22(20)26)24(29)18-31-21-13-6-3-7-14-21/h2-15,23H,16-18H2,1H3,(H,27,30)/t23-/m1/s1. The van der Waals surface area contributed by atoms with Crippen LogP contribution in [-0.2, 0) is 22.6 Å². The van der Waals surface area contributed by atoms with Crippen molar-refractivity contribution < 1.29 is 14.3 Å². The van der Waals surface area contributed by atoms with E-state index in [-0.39, 0.29) is 25.0 Å². The third-order valence-corrected chi connectivity index (χ3v) is 5.29. The summed E-state index contributed by atoms with van der Waals surface area (Å²) in [5, 5.41) is 3.23. The third-order valence-electron chi connectivity index (χ3n) is 4.92. The number of benzene rings is 3. The van der Waals surface area contributed by atoms with Gasteiger partial charge in [-0.15, -0.1) is 0 Å². The molecule has 1 N–H and O–H groups in total. The Hall–Kier alpha value is -3.31. The number of hydrogen-bond donors (Lipinski definition) is 1. The second-order valence-corrected chi connectivity index (χ2v) is 7.44. The molecule has 3 rings (SSSR count). The lowest BCUT2D eigenvalue weighted by Gasteiger charge is -2.31. The molecule has 0 spiro atoms. The maximum absolute atomic E-state index is 13.3. The van der Waals surface area contributed by atoms with E-state index in [1.165, 1.54) is 4.90 Å². The Labute approximate surface area is 187 Å². The molecule has 31 heavy (non-hydrogen) atoms. The van der Waals surface area contributed by atoms with Crippen LogP contribution in [-0.4, -0.2) is 36.4 Å². The van der Waals surface area contributed by atoms with Gasteiger partial charge in [0.15, 0.2) is 6.61 Å². The van der Waals surface area contributed by atoms with Crippen LogP contribution in [0, 0.1) is 0 Å². The normalized spacial score (nSPS) is 11.4. The molecule has 160 valence electrons. The summed E-state index contributed by atoms with van der Waals surface area (Å²) >= 11 is 6.35. The molecule has 3 aromatic rings. The van der Waals surface area contributed by atoms with Crippen molar-refractivity contribution in [2.45, 2.75) is 19.0 Å². The minimum absolute atomic E-state index is 0.184. The first-order valence-electron chi connectivity index (χ1n) is 10.0. The number of likely N-dealkylation sites (N-methyl/N-ethyl adjacent to an activating group) is 1. The zero-order chi connectivity index (χ0) is 22.1. The monoisotopic (exact) mass is 436 g/mol. The summed E-state index contributed by atoms with van der Waals surface area (Å²) in [5.74, 6) is 0.0466. The van der Waals surface area contributed by atoms with Crippen molar-refractivity contribution in [1.82, 2.24) is 10.2 Å². The van der Waals surface area contributed by atoms with E-state index in [4.69, 9.17) is 16.3 Å². The first-order chi connectivity index (χ1) is 15.1. The minimum atomic E-state index is -0.712. The Morgan fingerprint density at radius 1 is 0.935 bits per heavy atom. The fourth-order valence-corrected chi connectivity index (χ4v) is 3.47. The molecule has 0 fully saturated rings.